The molecule has 0 bridgehead atoms. The van der Waals surface area contributed by atoms with Gasteiger partial charge in [-0.1, -0.05) is 57.3 Å². The summed E-state index contributed by atoms with van der Waals surface area (Å²) in [5.41, 5.74) is 6.31. The molecule has 2 amide bonds. The van der Waals surface area contributed by atoms with Crippen LogP contribution in [-0.2, 0) is 136 Å². The first-order valence-corrected chi connectivity index (χ1v) is 14.1. The van der Waals surface area contributed by atoms with Crippen LogP contribution in [0.1, 0.15) is 60.2 Å². The molecule has 14 heteroatoms. The van der Waals surface area contributed by atoms with E-state index in [0.29, 0.717) is 24.0 Å². The number of halogens is 3. The SMILES string of the molecule is COC1(C)C[C-](N)C1.COC1(C)C[C-](N2C(=O)c3ccccc3C2=O)C1.ICI.[CH2-]I.[V].[W].[W].[Y].[Y]. The molecule has 0 unspecified atom stereocenters. The number of hydrogen-bond acceptors (Lipinski definition) is 5. The predicted molar refractivity (Wildman–Crippen MR) is 149 cm³/mol. The maximum atomic E-state index is 12.2. The van der Waals surface area contributed by atoms with Gasteiger partial charge in [-0.2, -0.15) is 0 Å². The van der Waals surface area contributed by atoms with E-state index in [9.17, 15) is 9.59 Å². The molecule has 2 saturated carbocycles. The van der Waals surface area contributed by atoms with Crippen molar-refractivity contribution in [3.05, 3.63) is 52.4 Å². The molecule has 2 fully saturated rings. The summed E-state index contributed by atoms with van der Waals surface area (Å²) >= 11 is 6.45. The molecule has 1 aromatic rings. The zero-order chi connectivity index (χ0) is 23.8. The van der Waals surface area contributed by atoms with Crippen LogP contribution < -0.4 is 5.73 Å². The number of nitrogens with two attached hydrogens (primary N) is 1. The molecule has 2 N–H and O–H groups in total. The molecule has 0 spiro atoms. The van der Waals surface area contributed by atoms with Gasteiger partial charge >= 0.3 is 0 Å². The van der Waals surface area contributed by atoms with E-state index in [0.717, 1.165) is 24.9 Å². The molecule has 3 aliphatic rings. The number of carbonyl (C=O) groups excluding carboxylic acids is 2. The van der Waals surface area contributed by atoms with Crippen LogP contribution in [0, 0.1) is 17.0 Å². The molecule has 3 radical (unpaired) electrons. The Kier molecular flexibility index (Phi) is 34.9. The summed E-state index contributed by atoms with van der Waals surface area (Å²) in [5.74, 6) is -0.410. The normalized spacial score (nSPS) is 17.8. The molecular weight excluding hydrogens is 1330 g/mol. The number of carbonyl (C=O) groups is 2. The largest absolute Gasteiger partial charge is 0.480 e. The van der Waals surface area contributed by atoms with Gasteiger partial charge in [-0.25, -0.2) is 6.04 Å². The third-order valence-electron chi connectivity index (χ3n) is 5.45. The average molecular weight is 1360 g/mol. The molecule has 0 atom stereocenters. The van der Waals surface area contributed by atoms with Gasteiger partial charge in [-0.15, -0.1) is 25.7 Å². The summed E-state index contributed by atoms with van der Waals surface area (Å²) in [5, 5.41) is 0. The Morgan fingerprint density at radius 2 is 1.22 bits per heavy atom. The molecule has 4 rings (SSSR count). The van der Waals surface area contributed by atoms with Gasteiger partial charge in [0, 0.05) is 163 Å². The number of rotatable bonds is 3. The zero-order valence-corrected chi connectivity index (χ0v) is 40.2. The molecule has 1 heterocycles. The van der Waals surface area contributed by atoms with Crippen molar-refractivity contribution in [2.24, 2.45) is 5.73 Å². The molecule has 0 aromatic heterocycles. The fourth-order valence-electron chi connectivity index (χ4n) is 3.64. The Morgan fingerprint density at radius 1 is 0.917 bits per heavy atom. The third-order valence-corrected chi connectivity index (χ3v) is 5.45. The Morgan fingerprint density at radius 3 is 1.47 bits per heavy atom. The number of imide groups is 1. The predicted octanol–water partition coefficient (Wildman–Crippen LogP) is 5.70. The second-order valence-electron chi connectivity index (χ2n) is 7.83. The number of methoxy groups -OCH3 is 2. The number of hydrogen-bond donors (Lipinski definition) is 1. The Balaban J connectivity index is -0.000000154. The van der Waals surface area contributed by atoms with Crippen LogP contribution in [-0.4, -0.2) is 44.6 Å². The minimum absolute atomic E-state index is 0. The van der Waals surface area contributed by atoms with E-state index in [1.54, 1.807) is 38.5 Å². The Bertz CT molecular complexity index is 729. The van der Waals surface area contributed by atoms with Gasteiger partial charge in [0.25, 0.3) is 0 Å². The number of benzene rings is 1. The van der Waals surface area contributed by atoms with Crippen LogP contribution in [0.15, 0.2) is 24.3 Å². The summed E-state index contributed by atoms with van der Waals surface area (Å²) in [6.45, 7) is 4.05. The molecule has 6 nitrogen and oxygen atoms in total. The number of fused-ring (bicyclic) bond motifs is 1. The van der Waals surface area contributed by atoms with Gasteiger partial charge in [0.2, 0.25) is 11.8 Å². The molecule has 1 aliphatic heterocycles. The Hall–Kier alpha value is 4.60. The standard InChI is InChI=1S/C14H14NO3.C6H12NO.CH2I2.CH2I.V.2W.2Y/c1-14(18-2)7-9(8-14)15-12(16)10-5-3-4-6-11(10)13(15)17;1-6(8-2)3-5(7)4-6;2-1-3;1-2;;;;;/h3-6H,7-8H2,1-2H3;3-4,7H2,1-2H3;1H2;1H2;;;;;/q2*-1;;-1;;;;;. The number of nitrogens with zero attached hydrogens (tertiary/aromatic N) is 1. The van der Waals surface area contributed by atoms with Crippen LogP contribution in [0.25, 0.3) is 0 Å². The third kappa shape index (κ3) is 14.4. The zero-order valence-electron chi connectivity index (χ0n) is 20.8. The second-order valence-corrected chi connectivity index (χ2v) is 12.3. The van der Waals surface area contributed by atoms with Crippen LogP contribution in [0.5, 0.6) is 0 Å². The van der Waals surface area contributed by atoms with Crippen molar-refractivity contribution in [1.82, 2.24) is 4.90 Å². The van der Waals surface area contributed by atoms with Crippen LogP contribution in [0.2, 0.25) is 0 Å². The monoisotopic (exact) mass is 1360 g/mol. The van der Waals surface area contributed by atoms with Gasteiger partial charge < -0.3 is 42.7 Å². The quantitative estimate of drug-likeness (QED) is 0.182. The maximum Gasteiger partial charge on any atom is 0.232 e. The van der Waals surface area contributed by atoms with Crippen molar-refractivity contribution in [3.8, 4) is 0 Å². The average Bonchev–Trinajstić information content (AvgIpc) is 2.98. The van der Waals surface area contributed by atoms with Gasteiger partial charge in [0.15, 0.2) is 0 Å². The Labute approximate surface area is 348 Å². The molecule has 199 valence electrons. The van der Waals surface area contributed by atoms with E-state index in [-0.39, 0.29) is 149 Å². The van der Waals surface area contributed by atoms with E-state index in [2.05, 4.69) is 57.0 Å². The minimum Gasteiger partial charge on any atom is -0.480 e. The van der Waals surface area contributed by atoms with Gasteiger partial charge in [0.05, 0.1) is 2.43 Å². The molecule has 0 saturated heterocycles. The van der Waals surface area contributed by atoms with E-state index in [1.165, 1.54) is 7.33 Å². The summed E-state index contributed by atoms with van der Waals surface area (Å²) in [6.07, 6.45) is 3.14. The summed E-state index contributed by atoms with van der Waals surface area (Å²) in [6, 6.07) is 8.87. The fourth-order valence-corrected chi connectivity index (χ4v) is 3.64. The summed E-state index contributed by atoms with van der Waals surface area (Å²) in [7, 11) is 3.38. The van der Waals surface area contributed by atoms with E-state index in [1.807, 2.05) is 29.5 Å². The first kappa shape index (κ1) is 50.2. The number of amides is 2. The first-order valence-electron chi connectivity index (χ1n) is 9.55. The smallest absolute Gasteiger partial charge is 0.232 e. The second kappa shape index (κ2) is 25.0. The van der Waals surface area contributed by atoms with Crippen molar-refractivity contribution >= 4 is 79.6 Å². The molecule has 1 aromatic carbocycles. The van der Waals surface area contributed by atoms with Crippen molar-refractivity contribution in [3.63, 3.8) is 0 Å². The van der Waals surface area contributed by atoms with Crippen LogP contribution in [0.4, 0.5) is 0 Å². The van der Waals surface area contributed by atoms with Crippen molar-refractivity contribution in [1.29, 1.82) is 0 Å². The van der Waals surface area contributed by atoms with Crippen molar-refractivity contribution in [2.45, 2.75) is 50.7 Å². The topological polar surface area (TPSA) is 81.9 Å². The van der Waals surface area contributed by atoms with Crippen LogP contribution >= 0.6 is 67.8 Å². The van der Waals surface area contributed by atoms with Crippen molar-refractivity contribution in [2.75, 3.05) is 16.7 Å². The van der Waals surface area contributed by atoms with Gasteiger partial charge in [-0.3, -0.25) is 20.6 Å². The maximum absolute atomic E-state index is 12.2. The molecule has 2 aliphatic carbocycles. The summed E-state index contributed by atoms with van der Waals surface area (Å²) in [4.78, 5) is 28.9. The fraction of sp³-hybridized carbons (Fsp3) is 0.500. The van der Waals surface area contributed by atoms with Crippen molar-refractivity contribution < 1.29 is 145 Å². The van der Waals surface area contributed by atoms with E-state index < -0.39 is 0 Å². The van der Waals surface area contributed by atoms with E-state index >= 15 is 0 Å². The molecular formula is C22H30I3N2O4VW2Y2-3. The van der Waals surface area contributed by atoms with Crippen LogP contribution in [0.3, 0.4) is 0 Å². The minimum atomic E-state index is -0.231. The number of ether oxygens (including phenoxy) is 2. The van der Waals surface area contributed by atoms with E-state index in [4.69, 9.17) is 15.2 Å². The van der Waals surface area contributed by atoms with Gasteiger partial charge in [0.1, 0.15) is 0 Å². The molecule has 36 heavy (non-hydrogen) atoms. The summed E-state index contributed by atoms with van der Waals surface area (Å²) < 4.78 is 11.7. The number of alkyl halides is 2. The van der Waals surface area contributed by atoms with Gasteiger partial charge in [-0.05, 0) is 26.0 Å². The first-order chi connectivity index (χ1) is 14.6.